The van der Waals surface area contributed by atoms with Crippen molar-refractivity contribution in [3.05, 3.63) is 95.7 Å². The summed E-state index contributed by atoms with van der Waals surface area (Å²) in [7, 11) is 0. The third kappa shape index (κ3) is 2.91. The standard InChI is InChI=1S/C27H23N3O3/c1-16-9-8-12-19(15-16)29-26(31)23-24(22-17(2)28-21-14-7-6-13-20(21)22)30(33-25(23)27(29)32)18-10-4-3-5-11-18/h3-15,23-25,28H,1-2H3/t23-,24+,25-/m1/s1. The Hall–Kier alpha value is -3.90. The summed E-state index contributed by atoms with van der Waals surface area (Å²) in [5.74, 6) is -1.21. The number of nitrogens with zero attached hydrogens (tertiary/aromatic N) is 2. The first-order valence-electron chi connectivity index (χ1n) is 11.1. The minimum Gasteiger partial charge on any atom is -0.358 e. The summed E-state index contributed by atoms with van der Waals surface area (Å²) in [4.78, 5) is 38.3. The molecule has 6 rings (SSSR count). The molecule has 6 nitrogen and oxygen atoms in total. The maximum absolute atomic E-state index is 13.8. The molecule has 2 fully saturated rings. The van der Waals surface area contributed by atoms with Crippen molar-refractivity contribution in [3.63, 3.8) is 0 Å². The van der Waals surface area contributed by atoms with E-state index < -0.39 is 18.1 Å². The van der Waals surface area contributed by atoms with Gasteiger partial charge in [0.25, 0.3) is 5.91 Å². The molecule has 164 valence electrons. The number of hydrogen-bond acceptors (Lipinski definition) is 4. The predicted molar refractivity (Wildman–Crippen MR) is 127 cm³/mol. The number of aromatic nitrogens is 1. The van der Waals surface area contributed by atoms with Gasteiger partial charge in [-0.15, -0.1) is 0 Å². The van der Waals surface area contributed by atoms with Crippen LogP contribution < -0.4 is 9.96 Å². The predicted octanol–water partition coefficient (Wildman–Crippen LogP) is 4.84. The molecule has 4 aromatic rings. The molecular weight excluding hydrogens is 414 g/mol. The molecule has 0 saturated carbocycles. The number of rotatable bonds is 3. The third-order valence-electron chi connectivity index (χ3n) is 6.63. The van der Waals surface area contributed by atoms with E-state index in [0.717, 1.165) is 33.4 Å². The second-order valence-electron chi connectivity index (χ2n) is 8.72. The van der Waals surface area contributed by atoms with Gasteiger partial charge in [-0.3, -0.25) is 14.4 Å². The van der Waals surface area contributed by atoms with Gasteiger partial charge in [-0.2, -0.15) is 0 Å². The van der Waals surface area contributed by atoms with Crippen LogP contribution in [0.25, 0.3) is 10.9 Å². The minimum atomic E-state index is -0.878. The van der Waals surface area contributed by atoms with Crippen molar-refractivity contribution in [1.29, 1.82) is 0 Å². The Labute approximate surface area is 191 Å². The van der Waals surface area contributed by atoms with Gasteiger partial charge in [-0.25, -0.2) is 9.96 Å². The minimum absolute atomic E-state index is 0.233. The molecule has 0 radical (unpaired) electrons. The van der Waals surface area contributed by atoms with Crippen LogP contribution in [0, 0.1) is 19.8 Å². The molecule has 2 amide bonds. The first-order valence-corrected chi connectivity index (χ1v) is 11.1. The number of carbonyl (C=O) groups excluding carboxylic acids is 2. The molecule has 0 spiro atoms. The first-order chi connectivity index (χ1) is 16.0. The molecule has 2 aliphatic heterocycles. The van der Waals surface area contributed by atoms with E-state index in [4.69, 9.17) is 4.84 Å². The molecule has 6 heteroatoms. The number of amides is 2. The number of benzene rings is 3. The Balaban J connectivity index is 1.52. The summed E-state index contributed by atoms with van der Waals surface area (Å²) < 4.78 is 0. The highest BCUT2D eigenvalue weighted by Gasteiger charge is 2.60. The lowest BCUT2D eigenvalue weighted by atomic mass is 9.89. The highest BCUT2D eigenvalue weighted by atomic mass is 16.7. The van der Waals surface area contributed by atoms with E-state index >= 15 is 0 Å². The van der Waals surface area contributed by atoms with Crippen LogP contribution in [-0.2, 0) is 14.4 Å². The van der Waals surface area contributed by atoms with Crippen LogP contribution in [0.15, 0.2) is 78.9 Å². The Kier molecular flexibility index (Phi) is 4.38. The van der Waals surface area contributed by atoms with Crippen LogP contribution in [0.4, 0.5) is 11.4 Å². The first kappa shape index (κ1) is 19.8. The van der Waals surface area contributed by atoms with Gasteiger partial charge in [0, 0.05) is 22.2 Å². The van der Waals surface area contributed by atoms with Crippen LogP contribution in [-0.4, -0.2) is 22.9 Å². The van der Waals surface area contributed by atoms with Crippen LogP contribution in [0.1, 0.15) is 22.9 Å². The normalized spacial score (nSPS) is 22.4. The number of imide groups is 1. The van der Waals surface area contributed by atoms with Gasteiger partial charge >= 0.3 is 0 Å². The average molecular weight is 437 g/mol. The topological polar surface area (TPSA) is 65.6 Å². The monoisotopic (exact) mass is 437 g/mol. The molecule has 1 N–H and O–H groups in total. The maximum Gasteiger partial charge on any atom is 0.266 e. The number of hydrogen-bond donors (Lipinski definition) is 1. The van der Waals surface area contributed by atoms with Gasteiger partial charge in [0.1, 0.15) is 5.92 Å². The van der Waals surface area contributed by atoms with Gasteiger partial charge in [-0.1, -0.05) is 48.5 Å². The van der Waals surface area contributed by atoms with Crippen LogP contribution in [0.3, 0.4) is 0 Å². The van der Waals surface area contributed by atoms with E-state index in [0.29, 0.717) is 5.69 Å². The summed E-state index contributed by atoms with van der Waals surface area (Å²) in [6.07, 6.45) is -0.878. The van der Waals surface area contributed by atoms with Crippen LogP contribution >= 0.6 is 0 Å². The van der Waals surface area contributed by atoms with E-state index in [9.17, 15) is 9.59 Å². The number of fused-ring (bicyclic) bond motifs is 2. The SMILES string of the molecule is Cc1cccc(N2C(=O)[C@H]3[C@@H](ON(c4ccccc4)[C@H]3c3c(C)[nH]c4ccccc34)C2=O)c1. The van der Waals surface area contributed by atoms with Gasteiger partial charge in [0.05, 0.1) is 17.4 Å². The van der Waals surface area contributed by atoms with Gasteiger partial charge < -0.3 is 4.98 Å². The number of hydroxylamine groups is 1. The highest BCUT2D eigenvalue weighted by Crippen LogP contribution is 2.49. The van der Waals surface area contributed by atoms with Gasteiger partial charge in [0.15, 0.2) is 6.10 Å². The smallest absolute Gasteiger partial charge is 0.266 e. The molecule has 3 atom stereocenters. The Morgan fingerprint density at radius 3 is 2.33 bits per heavy atom. The molecule has 2 aliphatic rings. The lowest BCUT2D eigenvalue weighted by molar-refractivity contribution is -0.126. The fraction of sp³-hybridized carbons (Fsp3) is 0.185. The maximum atomic E-state index is 13.8. The van der Waals surface area contributed by atoms with Crippen molar-refractivity contribution in [2.75, 3.05) is 9.96 Å². The number of para-hydroxylation sites is 2. The fourth-order valence-electron chi connectivity index (χ4n) is 5.21. The van der Waals surface area contributed by atoms with E-state index in [-0.39, 0.29) is 11.8 Å². The summed E-state index contributed by atoms with van der Waals surface area (Å²) >= 11 is 0. The van der Waals surface area contributed by atoms with Gasteiger partial charge in [-0.05, 0) is 49.7 Å². The summed E-state index contributed by atoms with van der Waals surface area (Å²) in [6, 6.07) is 24.7. The van der Waals surface area contributed by atoms with Crippen molar-refractivity contribution < 1.29 is 14.4 Å². The van der Waals surface area contributed by atoms with Crippen molar-refractivity contribution in [2.24, 2.45) is 5.92 Å². The number of nitrogens with one attached hydrogen (secondary N) is 1. The van der Waals surface area contributed by atoms with Crippen molar-refractivity contribution >= 4 is 34.1 Å². The molecular formula is C27H23N3O3. The van der Waals surface area contributed by atoms with Crippen molar-refractivity contribution in [1.82, 2.24) is 4.98 Å². The van der Waals surface area contributed by atoms with Gasteiger partial charge in [0.2, 0.25) is 5.91 Å². The number of aryl methyl sites for hydroxylation is 2. The molecule has 2 saturated heterocycles. The molecule has 3 aromatic carbocycles. The van der Waals surface area contributed by atoms with Crippen LogP contribution in [0.2, 0.25) is 0 Å². The summed E-state index contributed by atoms with van der Waals surface area (Å²) in [6.45, 7) is 3.95. The van der Waals surface area contributed by atoms with E-state index in [1.165, 1.54) is 4.90 Å². The Morgan fingerprint density at radius 2 is 1.55 bits per heavy atom. The lowest BCUT2D eigenvalue weighted by Gasteiger charge is -2.29. The Bertz CT molecular complexity index is 1390. The zero-order valence-electron chi connectivity index (χ0n) is 18.4. The fourth-order valence-corrected chi connectivity index (χ4v) is 5.21. The van der Waals surface area contributed by atoms with E-state index in [1.54, 1.807) is 11.1 Å². The molecule has 0 unspecified atom stereocenters. The van der Waals surface area contributed by atoms with E-state index in [1.807, 2.05) is 86.6 Å². The third-order valence-corrected chi connectivity index (χ3v) is 6.63. The lowest BCUT2D eigenvalue weighted by Crippen LogP contribution is -2.37. The molecule has 1 aromatic heterocycles. The molecule has 3 heterocycles. The molecule has 0 aliphatic carbocycles. The quantitative estimate of drug-likeness (QED) is 0.466. The zero-order chi connectivity index (χ0) is 22.7. The highest BCUT2D eigenvalue weighted by molar-refractivity contribution is 6.24. The van der Waals surface area contributed by atoms with Crippen molar-refractivity contribution in [2.45, 2.75) is 26.0 Å². The second kappa shape index (κ2) is 7.32. The Morgan fingerprint density at radius 1 is 0.818 bits per heavy atom. The number of H-pyrrole nitrogens is 1. The van der Waals surface area contributed by atoms with Crippen molar-refractivity contribution in [3.8, 4) is 0 Å². The molecule has 33 heavy (non-hydrogen) atoms. The average Bonchev–Trinajstić information content (AvgIpc) is 3.43. The summed E-state index contributed by atoms with van der Waals surface area (Å²) in [5.41, 5.74) is 5.32. The second-order valence-corrected chi connectivity index (χ2v) is 8.72. The zero-order valence-corrected chi connectivity index (χ0v) is 18.4. The largest absolute Gasteiger partial charge is 0.358 e. The molecule has 0 bridgehead atoms. The number of aromatic amines is 1. The number of carbonyl (C=O) groups is 2. The summed E-state index contributed by atoms with van der Waals surface area (Å²) in [5, 5.41) is 2.78. The number of anilines is 2. The van der Waals surface area contributed by atoms with E-state index in [2.05, 4.69) is 4.98 Å². The van der Waals surface area contributed by atoms with Crippen LogP contribution in [0.5, 0.6) is 0 Å².